The first-order valence-electron chi connectivity index (χ1n) is 8.01. The summed E-state index contributed by atoms with van der Waals surface area (Å²) in [6.45, 7) is 6.84. The zero-order valence-corrected chi connectivity index (χ0v) is 14.2. The molecule has 0 spiro atoms. The summed E-state index contributed by atoms with van der Waals surface area (Å²) in [7, 11) is 1.88. The predicted octanol–water partition coefficient (Wildman–Crippen LogP) is 3.09. The van der Waals surface area contributed by atoms with E-state index in [-0.39, 0.29) is 5.41 Å². The normalized spacial score (nSPS) is 17.6. The van der Waals surface area contributed by atoms with Crippen LogP contribution in [0.15, 0.2) is 12.4 Å². The summed E-state index contributed by atoms with van der Waals surface area (Å²) in [6, 6.07) is 2.25. The Hall–Kier alpha value is -2.35. The zero-order chi connectivity index (χ0) is 16.8. The molecule has 0 fully saturated rings. The molecule has 1 atom stereocenters. The first-order valence-corrected chi connectivity index (χ1v) is 8.01. The highest BCUT2D eigenvalue weighted by Crippen LogP contribution is 2.42. The van der Waals surface area contributed by atoms with Crippen LogP contribution in [0.2, 0.25) is 0 Å². The van der Waals surface area contributed by atoms with Gasteiger partial charge < -0.3 is 5.73 Å². The van der Waals surface area contributed by atoms with Gasteiger partial charge >= 0.3 is 0 Å². The van der Waals surface area contributed by atoms with Crippen LogP contribution in [0.4, 0.5) is 5.82 Å². The van der Waals surface area contributed by atoms with Crippen LogP contribution < -0.4 is 5.73 Å². The molecule has 2 heterocycles. The molecule has 0 aliphatic heterocycles. The molecule has 5 heteroatoms. The van der Waals surface area contributed by atoms with Crippen LogP contribution in [0.25, 0.3) is 11.1 Å². The summed E-state index contributed by atoms with van der Waals surface area (Å²) in [6.07, 6.45) is 6.71. The van der Waals surface area contributed by atoms with Crippen molar-refractivity contribution < 1.29 is 0 Å². The summed E-state index contributed by atoms with van der Waals surface area (Å²) in [4.78, 5) is 4.52. The fourth-order valence-electron chi connectivity index (χ4n) is 3.50. The van der Waals surface area contributed by atoms with Crippen molar-refractivity contribution in [1.82, 2.24) is 14.8 Å². The largest absolute Gasteiger partial charge is 0.383 e. The number of nitrogens with zero attached hydrogens (tertiary/aromatic N) is 4. The predicted molar refractivity (Wildman–Crippen MR) is 90.5 cm³/mol. The number of nitriles is 1. The summed E-state index contributed by atoms with van der Waals surface area (Å²) in [5.41, 5.74) is 10.9. The third-order valence-corrected chi connectivity index (χ3v) is 4.92. The number of fused-ring (bicyclic) bond motifs is 1. The molecule has 0 aromatic carbocycles. The number of nitrogens with two attached hydrogens (primary N) is 1. The molecular formula is C18H23N5. The minimum absolute atomic E-state index is 0.234. The standard InChI is InChI=1S/C18H23N5/c1-18(2,3)12-5-6-15-13(7-12)16(11-9-21-23(4)10-11)14(8-19)17(20)22-15/h9-10,12H,5-7H2,1-4H3,(H2,20,22). The van der Waals surface area contributed by atoms with Gasteiger partial charge in [0, 0.05) is 30.1 Å². The Balaban J connectivity index is 2.21. The topological polar surface area (TPSA) is 80.5 Å². The number of pyridine rings is 1. The average molecular weight is 309 g/mol. The Morgan fingerprint density at radius 3 is 2.70 bits per heavy atom. The molecule has 1 aliphatic carbocycles. The molecule has 1 unspecified atom stereocenters. The van der Waals surface area contributed by atoms with Crippen LogP contribution >= 0.6 is 0 Å². The molecule has 0 amide bonds. The van der Waals surface area contributed by atoms with Crippen molar-refractivity contribution in [3.63, 3.8) is 0 Å². The van der Waals surface area contributed by atoms with Crippen molar-refractivity contribution in [3.05, 3.63) is 29.2 Å². The molecule has 0 saturated carbocycles. The number of aromatic nitrogens is 3. The van der Waals surface area contributed by atoms with Gasteiger partial charge in [0.1, 0.15) is 17.5 Å². The highest BCUT2D eigenvalue weighted by molar-refractivity contribution is 5.78. The third kappa shape index (κ3) is 2.70. The van der Waals surface area contributed by atoms with E-state index >= 15 is 0 Å². The molecule has 5 nitrogen and oxygen atoms in total. The Morgan fingerprint density at radius 1 is 1.39 bits per heavy atom. The first kappa shape index (κ1) is 15.5. The van der Waals surface area contributed by atoms with E-state index in [4.69, 9.17) is 5.73 Å². The average Bonchev–Trinajstić information content (AvgIpc) is 2.90. The van der Waals surface area contributed by atoms with E-state index in [1.807, 2.05) is 13.2 Å². The van der Waals surface area contributed by atoms with Gasteiger partial charge in [-0.1, -0.05) is 20.8 Å². The maximum atomic E-state index is 9.60. The number of hydrogen-bond acceptors (Lipinski definition) is 4. The second kappa shape index (κ2) is 5.38. The second-order valence-corrected chi connectivity index (χ2v) is 7.49. The lowest BCUT2D eigenvalue weighted by molar-refractivity contribution is 0.215. The van der Waals surface area contributed by atoms with Gasteiger partial charge in [0.25, 0.3) is 0 Å². The van der Waals surface area contributed by atoms with Crippen LogP contribution in [-0.4, -0.2) is 14.8 Å². The molecule has 0 bridgehead atoms. The molecule has 0 radical (unpaired) electrons. The fourth-order valence-corrected chi connectivity index (χ4v) is 3.50. The maximum Gasteiger partial charge on any atom is 0.142 e. The van der Waals surface area contributed by atoms with Crippen LogP contribution in [0.1, 0.15) is 44.0 Å². The highest BCUT2D eigenvalue weighted by atomic mass is 15.2. The van der Waals surface area contributed by atoms with E-state index in [2.05, 4.69) is 36.9 Å². The van der Waals surface area contributed by atoms with Crippen molar-refractivity contribution in [1.29, 1.82) is 5.26 Å². The van der Waals surface area contributed by atoms with Crippen molar-refractivity contribution in [2.45, 2.75) is 40.0 Å². The first-order chi connectivity index (χ1) is 10.8. The van der Waals surface area contributed by atoms with Crippen LogP contribution in [-0.2, 0) is 19.9 Å². The molecule has 1 aliphatic rings. The van der Waals surface area contributed by atoms with Crippen LogP contribution in [0.5, 0.6) is 0 Å². The quantitative estimate of drug-likeness (QED) is 0.877. The van der Waals surface area contributed by atoms with E-state index in [1.165, 1.54) is 5.56 Å². The lowest BCUT2D eigenvalue weighted by atomic mass is 9.70. The molecule has 2 N–H and O–H groups in total. The van der Waals surface area contributed by atoms with Crippen LogP contribution in [0, 0.1) is 22.7 Å². The summed E-state index contributed by atoms with van der Waals surface area (Å²) >= 11 is 0. The van der Waals surface area contributed by atoms with E-state index in [9.17, 15) is 5.26 Å². The number of rotatable bonds is 1. The Morgan fingerprint density at radius 2 is 2.13 bits per heavy atom. The van der Waals surface area contributed by atoms with Crippen molar-refractivity contribution in [2.75, 3.05) is 5.73 Å². The SMILES string of the molecule is Cn1cc(-c2c(C#N)c(N)nc3c2CC(C(C)(C)C)CC3)cn1. The molecular weight excluding hydrogens is 286 g/mol. The smallest absolute Gasteiger partial charge is 0.142 e. The molecule has 120 valence electrons. The Bertz CT molecular complexity index is 789. The summed E-state index contributed by atoms with van der Waals surface area (Å²) in [5, 5.41) is 13.9. The van der Waals surface area contributed by atoms with E-state index in [0.717, 1.165) is 36.1 Å². The van der Waals surface area contributed by atoms with E-state index < -0.39 is 0 Å². The molecule has 0 saturated heterocycles. The third-order valence-electron chi connectivity index (χ3n) is 4.92. The van der Waals surface area contributed by atoms with Gasteiger partial charge in [-0.3, -0.25) is 4.68 Å². The van der Waals surface area contributed by atoms with E-state index in [1.54, 1.807) is 10.9 Å². The van der Waals surface area contributed by atoms with Gasteiger partial charge in [0.05, 0.1) is 6.20 Å². The van der Waals surface area contributed by atoms with Gasteiger partial charge in [-0.25, -0.2) is 4.98 Å². The number of anilines is 1. The number of aryl methyl sites for hydroxylation is 2. The van der Waals surface area contributed by atoms with Gasteiger partial charge in [-0.15, -0.1) is 0 Å². The number of hydrogen-bond donors (Lipinski definition) is 1. The van der Waals surface area contributed by atoms with Gasteiger partial charge in [-0.2, -0.15) is 10.4 Å². The summed E-state index contributed by atoms with van der Waals surface area (Å²) < 4.78 is 1.75. The van der Waals surface area contributed by atoms with Crippen molar-refractivity contribution in [3.8, 4) is 17.2 Å². The van der Waals surface area contributed by atoms with Crippen molar-refractivity contribution >= 4 is 5.82 Å². The fraction of sp³-hybridized carbons (Fsp3) is 0.500. The lowest BCUT2D eigenvalue weighted by Crippen LogP contribution is -2.28. The summed E-state index contributed by atoms with van der Waals surface area (Å²) in [5.74, 6) is 0.904. The molecule has 23 heavy (non-hydrogen) atoms. The monoisotopic (exact) mass is 309 g/mol. The maximum absolute atomic E-state index is 9.60. The Kier molecular flexibility index (Phi) is 3.63. The van der Waals surface area contributed by atoms with Crippen molar-refractivity contribution in [2.24, 2.45) is 18.4 Å². The lowest BCUT2D eigenvalue weighted by Gasteiger charge is -2.35. The van der Waals surface area contributed by atoms with Crippen LogP contribution in [0.3, 0.4) is 0 Å². The molecule has 2 aromatic rings. The van der Waals surface area contributed by atoms with E-state index in [0.29, 0.717) is 17.3 Å². The number of nitrogen functional groups attached to an aromatic ring is 1. The van der Waals surface area contributed by atoms with Gasteiger partial charge in [0.15, 0.2) is 0 Å². The molecule has 3 rings (SSSR count). The zero-order valence-electron chi connectivity index (χ0n) is 14.2. The Labute approximate surface area is 137 Å². The minimum atomic E-state index is 0.234. The van der Waals surface area contributed by atoms with Gasteiger partial charge in [0.2, 0.25) is 0 Å². The van der Waals surface area contributed by atoms with Gasteiger partial charge in [-0.05, 0) is 36.2 Å². The minimum Gasteiger partial charge on any atom is -0.383 e. The highest BCUT2D eigenvalue weighted by Gasteiger charge is 2.32. The second-order valence-electron chi connectivity index (χ2n) is 7.49. The molecule has 2 aromatic heterocycles.